The van der Waals surface area contributed by atoms with Gasteiger partial charge in [0.25, 0.3) is 0 Å². The first-order chi connectivity index (χ1) is 8.33. The molecule has 0 fully saturated rings. The first kappa shape index (κ1) is 11.3. The van der Waals surface area contributed by atoms with Crippen molar-refractivity contribution in [1.82, 2.24) is 4.98 Å². The second kappa shape index (κ2) is 5.21. The van der Waals surface area contributed by atoms with Crippen LogP contribution < -0.4 is 0 Å². The van der Waals surface area contributed by atoms with Gasteiger partial charge in [0.15, 0.2) is 0 Å². The Bertz CT molecular complexity index is 544. The van der Waals surface area contributed by atoms with Crippen LogP contribution in [0.15, 0.2) is 48.7 Å². The quantitative estimate of drug-likeness (QED) is 0.590. The van der Waals surface area contributed by atoms with E-state index in [-0.39, 0.29) is 0 Å². The Labute approximate surface area is 101 Å². The molecule has 0 amide bonds. The normalized spacial score (nSPS) is 10.6. The standard InChI is InChI=1S/C15H13NO/c1-12-14(8-5-11-17)15(9-10-16-12)13-6-3-2-4-7-13/h2-11H,1H3/b8-5+. The zero-order valence-corrected chi connectivity index (χ0v) is 9.63. The van der Waals surface area contributed by atoms with Crippen LogP contribution in [0, 0.1) is 6.92 Å². The zero-order valence-electron chi connectivity index (χ0n) is 9.63. The number of hydrogen-bond acceptors (Lipinski definition) is 2. The minimum atomic E-state index is 0.779. The van der Waals surface area contributed by atoms with Crippen molar-refractivity contribution in [1.29, 1.82) is 0 Å². The maximum absolute atomic E-state index is 10.4. The molecule has 0 unspecified atom stereocenters. The summed E-state index contributed by atoms with van der Waals surface area (Å²) in [5.41, 5.74) is 4.13. The molecule has 2 heteroatoms. The van der Waals surface area contributed by atoms with E-state index in [9.17, 15) is 4.79 Å². The maximum Gasteiger partial charge on any atom is 0.142 e. The number of aryl methyl sites for hydroxylation is 1. The Morgan fingerprint density at radius 3 is 2.59 bits per heavy atom. The Morgan fingerprint density at radius 2 is 1.88 bits per heavy atom. The summed E-state index contributed by atoms with van der Waals surface area (Å²) >= 11 is 0. The SMILES string of the molecule is Cc1nccc(-c2ccccc2)c1/C=C/C=O. The lowest BCUT2D eigenvalue weighted by molar-refractivity contribution is -0.104. The highest BCUT2D eigenvalue weighted by Crippen LogP contribution is 2.25. The summed E-state index contributed by atoms with van der Waals surface area (Å²) in [7, 11) is 0. The summed E-state index contributed by atoms with van der Waals surface area (Å²) in [6.07, 6.45) is 5.87. The summed E-state index contributed by atoms with van der Waals surface area (Å²) in [6, 6.07) is 12.0. The molecular formula is C15H13NO. The molecule has 84 valence electrons. The van der Waals surface area contributed by atoms with Crippen LogP contribution >= 0.6 is 0 Å². The molecule has 2 nitrogen and oxygen atoms in total. The number of carbonyl (C=O) groups is 1. The average molecular weight is 223 g/mol. The van der Waals surface area contributed by atoms with Crippen molar-refractivity contribution in [2.45, 2.75) is 6.92 Å². The van der Waals surface area contributed by atoms with Gasteiger partial charge in [-0.15, -0.1) is 0 Å². The second-order valence-corrected chi connectivity index (χ2v) is 3.72. The first-order valence-electron chi connectivity index (χ1n) is 5.46. The minimum Gasteiger partial charge on any atom is -0.299 e. The molecule has 1 aromatic carbocycles. The molecule has 2 aromatic rings. The fraction of sp³-hybridized carbons (Fsp3) is 0.0667. The van der Waals surface area contributed by atoms with Crippen molar-refractivity contribution in [3.05, 3.63) is 59.9 Å². The van der Waals surface area contributed by atoms with E-state index in [0.29, 0.717) is 0 Å². The Hall–Kier alpha value is -2.22. The second-order valence-electron chi connectivity index (χ2n) is 3.72. The maximum atomic E-state index is 10.4. The molecule has 1 aromatic heterocycles. The van der Waals surface area contributed by atoms with Gasteiger partial charge < -0.3 is 0 Å². The number of nitrogens with zero attached hydrogens (tertiary/aromatic N) is 1. The molecule has 0 radical (unpaired) electrons. The van der Waals surface area contributed by atoms with Gasteiger partial charge in [-0.05, 0) is 36.3 Å². The summed E-state index contributed by atoms with van der Waals surface area (Å²) in [6.45, 7) is 1.94. The van der Waals surface area contributed by atoms with Gasteiger partial charge >= 0.3 is 0 Å². The summed E-state index contributed by atoms with van der Waals surface area (Å²) in [4.78, 5) is 14.7. The number of rotatable bonds is 3. The van der Waals surface area contributed by atoms with Crippen LogP contribution in [0.1, 0.15) is 11.3 Å². The van der Waals surface area contributed by atoms with Gasteiger partial charge in [-0.1, -0.05) is 30.3 Å². The molecule has 0 N–H and O–H groups in total. The Morgan fingerprint density at radius 1 is 1.12 bits per heavy atom. The van der Waals surface area contributed by atoms with E-state index in [2.05, 4.69) is 4.98 Å². The van der Waals surface area contributed by atoms with E-state index in [1.54, 1.807) is 12.3 Å². The fourth-order valence-corrected chi connectivity index (χ4v) is 1.79. The number of pyridine rings is 1. The lowest BCUT2D eigenvalue weighted by Crippen LogP contribution is -1.90. The van der Waals surface area contributed by atoms with E-state index < -0.39 is 0 Å². The van der Waals surface area contributed by atoms with E-state index in [4.69, 9.17) is 0 Å². The third-order valence-corrected chi connectivity index (χ3v) is 2.62. The van der Waals surface area contributed by atoms with Crippen LogP contribution in [0.25, 0.3) is 17.2 Å². The average Bonchev–Trinajstić information content (AvgIpc) is 2.38. The van der Waals surface area contributed by atoms with Gasteiger partial charge in [0.1, 0.15) is 6.29 Å². The molecule has 0 aliphatic rings. The molecule has 0 aliphatic heterocycles. The van der Waals surface area contributed by atoms with Crippen LogP contribution in [0.3, 0.4) is 0 Å². The van der Waals surface area contributed by atoms with Crippen molar-refractivity contribution < 1.29 is 4.79 Å². The molecule has 0 saturated heterocycles. The largest absolute Gasteiger partial charge is 0.299 e. The number of aromatic nitrogens is 1. The van der Waals surface area contributed by atoms with Crippen molar-refractivity contribution in [3.63, 3.8) is 0 Å². The van der Waals surface area contributed by atoms with Crippen LogP contribution in [-0.2, 0) is 4.79 Å². The molecule has 1 heterocycles. The van der Waals surface area contributed by atoms with Crippen LogP contribution in [0.5, 0.6) is 0 Å². The van der Waals surface area contributed by atoms with Crippen molar-refractivity contribution >= 4 is 12.4 Å². The highest BCUT2D eigenvalue weighted by Gasteiger charge is 2.05. The highest BCUT2D eigenvalue weighted by molar-refractivity contribution is 5.81. The number of carbonyl (C=O) groups excluding carboxylic acids is 1. The van der Waals surface area contributed by atoms with Gasteiger partial charge in [-0.2, -0.15) is 0 Å². The first-order valence-corrected chi connectivity index (χ1v) is 5.46. The zero-order chi connectivity index (χ0) is 12.1. The lowest BCUT2D eigenvalue weighted by atomic mass is 9.99. The van der Waals surface area contributed by atoms with Crippen LogP contribution in [0.2, 0.25) is 0 Å². The topological polar surface area (TPSA) is 30.0 Å². The summed E-state index contributed by atoms with van der Waals surface area (Å²) in [5, 5.41) is 0. The van der Waals surface area contributed by atoms with Gasteiger partial charge in [-0.25, -0.2) is 0 Å². The van der Waals surface area contributed by atoms with Gasteiger partial charge in [0.05, 0.1) is 0 Å². The van der Waals surface area contributed by atoms with E-state index in [0.717, 1.165) is 28.7 Å². The molecule has 0 aliphatic carbocycles. The lowest BCUT2D eigenvalue weighted by Gasteiger charge is -2.08. The molecule has 2 rings (SSSR count). The predicted molar refractivity (Wildman–Crippen MR) is 69.5 cm³/mol. The Balaban J connectivity index is 2.58. The van der Waals surface area contributed by atoms with Crippen molar-refractivity contribution in [2.75, 3.05) is 0 Å². The smallest absolute Gasteiger partial charge is 0.142 e. The molecule has 0 saturated carbocycles. The Kier molecular flexibility index (Phi) is 3.46. The van der Waals surface area contributed by atoms with Gasteiger partial charge in [0, 0.05) is 17.5 Å². The minimum absolute atomic E-state index is 0.779. The highest BCUT2D eigenvalue weighted by atomic mass is 16.1. The van der Waals surface area contributed by atoms with Crippen LogP contribution in [0.4, 0.5) is 0 Å². The van der Waals surface area contributed by atoms with Gasteiger partial charge in [-0.3, -0.25) is 9.78 Å². The van der Waals surface area contributed by atoms with Crippen molar-refractivity contribution in [2.24, 2.45) is 0 Å². The molecule has 0 spiro atoms. The van der Waals surface area contributed by atoms with Gasteiger partial charge in [0.2, 0.25) is 0 Å². The molecule has 0 atom stereocenters. The summed E-state index contributed by atoms with van der Waals surface area (Å²) in [5.74, 6) is 0. The molecule has 0 bridgehead atoms. The molecular weight excluding hydrogens is 210 g/mol. The van der Waals surface area contributed by atoms with E-state index in [1.807, 2.05) is 43.3 Å². The van der Waals surface area contributed by atoms with Crippen molar-refractivity contribution in [3.8, 4) is 11.1 Å². The third-order valence-electron chi connectivity index (χ3n) is 2.62. The predicted octanol–water partition coefficient (Wildman–Crippen LogP) is 3.27. The number of hydrogen-bond donors (Lipinski definition) is 0. The van der Waals surface area contributed by atoms with E-state index in [1.165, 1.54) is 6.08 Å². The number of aldehydes is 1. The van der Waals surface area contributed by atoms with Crippen LogP contribution in [-0.4, -0.2) is 11.3 Å². The number of allylic oxidation sites excluding steroid dienone is 1. The molecule has 17 heavy (non-hydrogen) atoms. The monoisotopic (exact) mass is 223 g/mol. The van der Waals surface area contributed by atoms with E-state index >= 15 is 0 Å². The number of benzene rings is 1. The fourth-order valence-electron chi connectivity index (χ4n) is 1.79. The summed E-state index contributed by atoms with van der Waals surface area (Å²) < 4.78 is 0. The third kappa shape index (κ3) is 2.48.